The predicted octanol–water partition coefficient (Wildman–Crippen LogP) is 6.42. The second-order valence-electron chi connectivity index (χ2n) is 17.5. The van der Waals surface area contributed by atoms with Gasteiger partial charge in [0.1, 0.15) is 6.10 Å². The number of carbonyl (C=O) groups is 2. The summed E-state index contributed by atoms with van der Waals surface area (Å²) < 4.78 is 19.4. The van der Waals surface area contributed by atoms with Crippen LogP contribution in [-0.4, -0.2) is 63.6 Å². The number of esters is 2. The highest BCUT2D eigenvalue weighted by Gasteiger charge is 2.85. The summed E-state index contributed by atoms with van der Waals surface area (Å²) in [6.45, 7) is 22.4. The van der Waals surface area contributed by atoms with E-state index >= 15 is 0 Å². The normalized spacial score (nSPS) is 53.0. The third-order valence-corrected chi connectivity index (χ3v) is 16.2. The van der Waals surface area contributed by atoms with E-state index < -0.39 is 59.1 Å². The van der Waals surface area contributed by atoms with Crippen LogP contribution in [-0.2, 0) is 23.8 Å². The van der Waals surface area contributed by atoms with Crippen LogP contribution < -0.4 is 0 Å². The highest BCUT2D eigenvalue weighted by Crippen LogP contribution is 2.81. The van der Waals surface area contributed by atoms with Gasteiger partial charge in [-0.1, -0.05) is 52.8 Å². The van der Waals surface area contributed by atoms with Gasteiger partial charge in [0.2, 0.25) is 0 Å². The SMILES string of the molecule is C=C[C@@]1(C)C2CC[C@]3(C)C(CC[C@]45O[C@H](O)[C@]6(C4C[C@H](C)[C@@H](OC(=O)/C(C)=C\C)[C@@H]6OC(=O)/C(C)=C\C)[C@H](O)C[C@]53C)[C@@]2(C)CC[C@@H]1O. The lowest BCUT2D eigenvalue weighted by Gasteiger charge is -2.75. The Balaban J connectivity index is 1.46. The Labute approximate surface area is 287 Å². The highest BCUT2D eigenvalue weighted by molar-refractivity contribution is 5.88. The first-order valence-corrected chi connectivity index (χ1v) is 18.4. The monoisotopic (exact) mass is 668 g/mol. The molecule has 0 aromatic carbocycles. The number of aliphatic hydroxyl groups is 3. The van der Waals surface area contributed by atoms with E-state index in [1.165, 1.54) is 0 Å². The number of allylic oxidation sites excluding steroid dienone is 2. The quantitative estimate of drug-likeness (QED) is 0.174. The van der Waals surface area contributed by atoms with Crippen LogP contribution in [0.1, 0.15) is 114 Å². The third-order valence-electron chi connectivity index (χ3n) is 16.2. The van der Waals surface area contributed by atoms with E-state index in [2.05, 4.69) is 34.3 Å². The van der Waals surface area contributed by atoms with Gasteiger partial charge >= 0.3 is 11.9 Å². The molecule has 8 nitrogen and oxygen atoms in total. The Morgan fingerprint density at radius 1 is 0.833 bits per heavy atom. The Morgan fingerprint density at radius 3 is 2.04 bits per heavy atom. The smallest absolute Gasteiger partial charge is 0.333 e. The van der Waals surface area contributed by atoms with Gasteiger partial charge in [-0.05, 0) is 108 Å². The van der Waals surface area contributed by atoms with Crippen molar-refractivity contribution < 1.29 is 39.1 Å². The lowest BCUT2D eigenvalue weighted by molar-refractivity contribution is -0.306. The summed E-state index contributed by atoms with van der Waals surface area (Å²) in [7, 11) is 0. The van der Waals surface area contributed by atoms with E-state index in [9.17, 15) is 24.9 Å². The van der Waals surface area contributed by atoms with Gasteiger partial charge in [0, 0.05) is 27.9 Å². The third kappa shape index (κ3) is 4.21. The summed E-state index contributed by atoms with van der Waals surface area (Å²) in [5.74, 6) is -1.03. The molecule has 6 fully saturated rings. The van der Waals surface area contributed by atoms with Crippen LogP contribution in [0.5, 0.6) is 0 Å². The zero-order chi connectivity index (χ0) is 35.4. The molecule has 8 heteroatoms. The van der Waals surface area contributed by atoms with Crippen molar-refractivity contribution in [1.82, 2.24) is 0 Å². The van der Waals surface area contributed by atoms with E-state index in [0.29, 0.717) is 36.3 Å². The minimum atomic E-state index is -1.42. The van der Waals surface area contributed by atoms with Crippen molar-refractivity contribution in [2.45, 2.75) is 150 Å². The van der Waals surface area contributed by atoms with Crippen molar-refractivity contribution in [2.24, 2.45) is 50.7 Å². The van der Waals surface area contributed by atoms with Crippen LogP contribution in [0.4, 0.5) is 0 Å². The second kappa shape index (κ2) is 11.5. The number of aliphatic hydroxyl groups excluding tert-OH is 3. The fraction of sp³-hybridized carbons (Fsp3) is 0.800. The molecule has 3 unspecified atom stereocenters. The molecule has 3 N–H and O–H groups in total. The van der Waals surface area contributed by atoms with Crippen LogP contribution in [0.15, 0.2) is 36.0 Å². The van der Waals surface area contributed by atoms with Gasteiger partial charge in [-0.15, -0.1) is 6.58 Å². The van der Waals surface area contributed by atoms with Gasteiger partial charge < -0.3 is 29.5 Å². The fourth-order valence-electron chi connectivity index (χ4n) is 13.1. The molecule has 5 aliphatic carbocycles. The molecule has 1 spiro atoms. The molecule has 0 amide bonds. The van der Waals surface area contributed by atoms with E-state index in [1.807, 2.05) is 13.0 Å². The first kappa shape index (κ1) is 35.8. The zero-order valence-electron chi connectivity index (χ0n) is 30.7. The van der Waals surface area contributed by atoms with Gasteiger partial charge in [0.05, 0.1) is 23.2 Å². The molecule has 15 atom stereocenters. The summed E-state index contributed by atoms with van der Waals surface area (Å²) in [6, 6.07) is 0. The molecule has 0 radical (unpaired) electrons. The largest absolute Gasteiger partial charge is 0.455 e. The molecule has 0 aromatic heterocycles. The molecular weight excluding hydrogens is 608 g/mol. The number of fused-ring (bicyclic) bond motifs is 4. The summed E-state index contributed by atoms with van der Waals surface area (Å²) in [5.41, 5.74) is -2.47. The Morgan fingerprint density at radius 2 is 1.44 bits per heavy atom. The average Bonchev–Trinajstić information content (AvgIpc) is 3.26. The number of hydrogen-bond acceptors (Lipinski definition) is 8. The summed E-state index contributed by atoms with van der Waals surface area (Å²) >= 11 is 0. The minimum absolute atomic E-state index is 0.0393. The second-order valence-corrected chi connectivity index (χ2v) is 17.5. The van der Waals surface area contributed by atoms with E-state index in [1.54, 1.807) is 39.8 Å². The molecule has 48 heavy (non-hydrogen) atoms. The first-order valence-electron chi connectivity index (χ1n) is 18.4. The van der Waals surface area contributed by atoms with E-state index in [-0.39, 0.29) is 34.0 Å². The standard InChI is InChI=1S/C40H60O8/c1-11-22(4)32(43)46-30-24(6)20-27-39-19-15-26-36(8)17-16-28(41)35(7,13-3)25(36)14-18-37(26,9)38(39,10)21-29(42)40(27,34(45)48-39)31(30)47-33(44)23(5)12-2/h11-13,24-31,34,41-42,45H,3,14-21H2,1-2,4-10H3/b22-11-,23-12-/t24-,25?,26?,27?,28-,29+,30+,31-,34-,35-,36-,37+,38-,39-,40+/m0/s1. The molecule has 1 heterocycles. The average molecular weight is 669 g/mol. The molecule has 1 saturated heterocycles. The molecule has 6 rings (SSSR count). The van der Waals surface area contributed by atoms with Crippen molar-refractivity contribution >= 4 is 11.9 Å². The van der Waals surface area contributed by atoms with Crippen LogP contribution in [0.2, 0.25) is 0 Å². The highest BCUT2D eigenvalue weighted by atomic mass is 16.6. The number of hydrogen-bond donors (Lipinski definition) is 3. The Bertz CT molecular complexity index is 1420. The van der Waals surface area contributed by atoms with Crippen molar-refractivity contribution in [1.29, 1.82) is 0 Å². The van der Waals surface area contributed by atoms with Crippen molar-refractivity contribution in [2.75, 3.05) is 0 Å². The Kier molecular flexibility index (Phi) is 8.59. The minimum Gasteiger partial charge on any atom is -0.455 e. The van der Waals surface area contributed by atoms with E-state index in [0.717, 1.165) is 32.1 Å². The van der Waals surface area contributed by atoms with Crippen molar-refractivity contribution in [3.05, 3.63) is 36.0 Å². The maximum Gasteiger partial charge on any atom is 0.333 e. The molecule has 2 bridgehead atoms. The van der Waals surface area contributed by atoms with Crippen molar-refractivity contribution in [3.8, 4) is 0 Å². The summed E-state index contributed by atoms with van der Waals surface area (Å²) in [6.07, 6.45) is 6.49. The summed E-state index contributed by atoms with van der Waals surface area (Å²) in [4.78, 5) is 26.7. The van der Waals surface area contributed by atoms with Crippen LogP contribution >= 0.6 is 0 Å². The zero-order valence-corrected chi connectivity index (χ0v) is 30.7. The first-order chi connectivity index (χ1) is 22.4. The lowest BCUT2D eigenvalue weighted by atomic mass is 9.30. The molecular formula is C40H60O8. The molecule has 1 aliphatic heterocycles. The number of ether oxygens (including phenoxy) is 3. The fourth-order valence-corrected chi connectivity index (χ4v) is 13.1. The van der Waals surface area contributed by atoms with Crippen LogP contribution in [0.25, 0.3) is 0 Å². The van der Waals surface area contributed by atoms with E-state index in [4.69, 9.17) is 14.2 Å². The number of rotatable bonds is 5. The maximum absolute atomic E-state index is 13.5. The van der Waals surface area contributed by atoms with Gasteiger partial charge in [-0.2, -0.15) is 0 Å². The van der Waals surface area contributed by atoms with Gasteiger partial charge in [-0.25, -0.2) is 9.59 Å². The maximum atomic E-state index is 13.5. The summed E-state index contributed by atoms with van der Waals surface area (Å²) in [5, 5.41) is 36.1. The van der Waals surface area contributed by atoms with Crippen LogP contribution in [0, 0.1) is 50.7 Å². The lowest BCUT2D eigenvalue weighted by Crippen LogP contribution is -2.76. The van der Waals surface area contributed by atoms with Gasteiger partial charge in [-0.3, -0.25) is 0 Å². The molecule has 6 aliphatic rings. The van der Waals surface area contributed by atoms with Gasteiger partial charge in [0.15, 0.2) is 12.4 Å². The Hall–Kier alpha value is -2.00. The van der Waals surface area contributed by atoms with Gasteiger partial charge in [0.25, 0.3) is 0 Å². The predicted molar refractivity (Wildman–Crippen MR) is 182 cm³/mol. The molecule has 268 valence electrons. The van der Waals surface area contributed by atoms with Crippen LogP contribution in [0.3, 0.4) is 0 Å². The topological polar surface area (TPSA) is 123 Å². The molecule has 0 aromatic rings. The molecule has 5 saturated carbocycles. The van der Waals surface area contributed by atoms with Crippen molar-refractivity contribution in [3.63, 3.8) is 0 Å². The number of carbonyl (C=O) groups excluding carboxylic acids is 2.